The standard InChI is InChI=1S/C16H25N3O/c1-12(14-5-7-18-8-6-14)10-16(20)19-9-3-4-15(11-19)13(2)17/h5-8,12-13,15H,3-4,9-11,17H2,1-2H3/t12-,13-,15-/m1/s1. The first-order chi connectivity index (χ1) is 9.58. The summed E-state index contributed by atoms with van der Waals surface area (Å²) in [6.07, 6.45) is 6.34. The average Bonchev–Trinajstić information content (AvgIpc) is 2.48. The lowest BCUT2D eigenvalue weighted by atomic mass is 9.91. The van der Waals surface area contributed by atoms with Crippen LogP contribution < -0.4 is 5.73 Å². The van der Waals surface area contributed by atoms with Crippen LogP contribution in [0, 0.1) is 5.92 Å². The second-order valence-electron chi connectivity index (χ2n) is 5.99. The second-order valence-corrected chi connectivity index (χ2v) is 5.99. The summed E-state index contributed by atoms with van der Waals surface area (Å²) in [5.74, 6) is 0.935. The van der Waals surface area contributed by atoms with Crippen LogP contribution >= 0.6 is 0 Å². The zero-order chi connectivity index (χ0) is 14.5. The van der Waals surface area contributed by atoms with Gasteiger partial charge in [0, 0.05) is 37.9 Å². The highest BCUT2D eigenvalue weighted by atomic mass is 16.2. The van der Waals surface area contributed by atoms with Gasteiger partial charge in [0.1, 0.15) is 0 Å². The van der Waals surface area contributed by atoms with Gasteiger partial charge in [-0.3, -0.25) is 9.78 Å². The molecule has 4 heteroatoms. The molecule has 0 radical (unpaired) electrons. The third kappa shape index (κ3) is 3.79. The predicted octanol–water partition coefficient (Wildman–Crippen LogP) is 2.16. The van der Waals surface area contributed by atoms with Crippen LogP contribution in [0.1, 0.15) is 44.6 Å². The molecule has 2 rings (SSSR count). The predicted molar refractivity (Wildman–Crippen MR) is 80.2 cm³/mol. The fourth-order valence-corrected chi connectivity index (χ4v) is 2.87. The van der Waals surface area contributed by atoms with Gasteiger partial charge in [0.25, 0.3) is 0 Å². The first kappa shape index (κ1) is 15.0. The van der Waals surface area contributed by atoms with Gasteiger partial charge >= 0.3 is 0 Å². The second kappa shape index (κ2) is 6.84. The van der Waals surface area contributed by atoms with Gasteiger partial charge in [0.05, 0.1) is 0 Å². The molecule has 0 aliphatic carbocycles. The molecular weight excluding hydrogens is 250 g/mol. The smallest absolute Gasteiger partial charge is 0.223 e. The molecule has 1 fully saturated rings. The van der Waals surface area contributed by atoms with Crippen molar-refractivity contribution in [3.8, 4) is 0 Å². The van der Waals surface area contributed by atoms with Crippen molar-refractivity contribution >= 4 is 5.91 Å². The summed E-state index contributed by atoms with van der Waals surface area (Å²) in [5, 5.41) is 0. The number of carbonyl (C=O) groups excluding carboxylic acids is 1. The van der Waals surface area contributed by atoms with E-state index in [1.165, 1.54) is 5.56 Å². The molecule has 1 aliphatic rings. The number of amides is 1. The average molecular weight is 275 g/mol. The SMILES string of the molecule is C[C@H](CC(=O)N1CCC[C@@H]([C@@H](C)N)C1)c1ccncc1. The molecular formula is C16H25N3O. The summed E-state index contributed by atoms with van der Waals surface area (Å²) >= 11 is 0. The van der Waals surface area contributed by atoms with Crippen molar-refractivity contribution in [2.24, 2.45) is 11.7 Å². The Morgan fingerprint density at radius 1 is 1.45 bits per heavy atom. The summed E-state index contributed by atoms with van der Waals surface area (Å²) < 4.78 is 0. The van der Waals surface area contributed by atoms with E-state index < -0.39 is 0 Å². The van der Waals surface area contributed by atoms with Crippen molar-refractivity contribution in [3.63, 3.8) is 0 Å². The molecule has 2 N–H and O–H groups in total. The maximum absolute atomic E-state index is 12.4. The molecule has 3 atom stereocenters. The van der Waals surface area contributed by atoms with E-state index in [0.717, 1.165) is 25.9 Å². The normalized spacial score (nSPS) is 22.4. The van der Waals surface area contributed by atoms with Gasteiger partial charge in [-0.25, -0.2) is 0 Å². The van der Waals surface area contributed by atoms with Gasteiger partial charge in [-0.2, -0.15) is 0 Å². The van der Waals surface area contributed by atoms with E-state index in [2.05, 4.69) is 11.9 Å². The van der Waals surface area contributed by atoms with Gasteiger partial charge in [0.15, 0.2) is 0 Å². The van der Waals surface area contributed by atoms with Gasteiger partial charge in [0.2, 0.25) is 5.91 Å². The van der Waals surface area contributed by atoms with Crippen LogP contribution in [0.25, 0.3) is 0 Å². The largest absolute Gasteiger partial charge is 0.342 e. The number of likely N-dealkylation sites (tertiary alicyclic amines) is 1. The Morgan fingerprint density at radius 3 is 2.80 bits per heavy atom. The molecule has 1 aromatic heterocycles. The van der Waals surface area contributed by atoms with E-state index in [1.54, 1.807) is 12.4 Å². The molecule has 0 spiro atoms. The third-order valence-electron chi connectivity index (χ3n) is 4.31. The highest BCUT2D eigenvalue weighted by Crippen LogP contribution is 2.23. The first-order valence-corrected chi connectivity index (χ1v) is 7.51. The van der Waals surface area contributed by atoms with Crippen molar-refractivity contribution in [1.29, 1.82) is 0 Å². The van der Waals surface area contributed by atoms with Crippen LogP contribution in [0.3, 0.4) is 0 Å². The number of hydrogen-bond acceptors (Lipinski definition) is 3. The topological polar surface area (TPSA) is 59.2 Å². The van der Waals surface area contributed by atoms with Crippen molar-refractivity contribution < 1.29 is 4.79 Å². The number of nitrogens with two attached hydrogens (primary N) is 1. The quantitative estimate of drug-likeness (QED) is 0.916. The number of aromatic nitrogens is 1. The highest BCUT2D eigenvalue weighted by molar-refractivity contribution is 5.77. The maximum atomic E-state index is 12.4. The summed E-state index contributed by atoms with van der Waals surface area (Å²) in [6, 6.07) is 4.14. The first-order valence-electron chi connectivity index (χ1n) is 7.51. The maximum Gasteiger partial charge on any atom is 0.223 e. The van der Waals surface area contributed by atoms with Crippen LogP contribution in [-0.4, -0.2) is 34.9 Å². The van der Waals surface area contributed by atoms with Crippen LogP contribution in [-0.2, 0) is 4.79 Å². The minimum absolute atomic E-state index is 0.170. The monoisotopic (exact) mass is 275 g/mol. The van der Waals surface area contributed by atoms with E-state index in [1.807, 2.05) is 24.0 Å². The van der Waals surface area contributed by atoms with Crippen LogP contribution in [0.5, 0.6) is 0 Å². The molecule has 1 aliphatic heterocycles. The molecule has 1 aromatic rings. The summed E-state index contributed by atoms with van der Waals surface area (Å²) in [6.45, 7) is 5.84. The Balaban J connectivity index is 1.91. The number of pyridine rings is 1. The number of hydrogen-bond donors (Lipinski definition) is 1. The van der Waals surface area contributed by atoms with Gasteiger partial charge in [-0.1, -0.05) is 6.92 Å². The van der Waals surface area contributed by atoms with Crippen LogP contribution in [0.4, 0.5) is 0 Å². The number of piperidine rings is 1. The van der Waals surface area contributed by atoms with Crippen molar-refractivity contribution in [1.82, 2.24) is 9.88 Å². The molecule has 1 amide bonds. The lowest BCUT2D eigenvalue weighted by Gasteiger charge is -2.35. The van der Waals surface area contributed by atoms with Crippen LogP contribution in [0.2, 0.25) is 0 Å². The molecule has 0 unspecified atom stereocenters. The Kier molecular flexibility index (Phi) is 5.12. The number of nitrogens with zero attached hydrogens (tertiary/aromatic N) is 2. The van der Waals surface area contributed by atoms with Crippen molar-refractivity contribution in [2.45, 2.75) is 45.1 Å². The minimum Gasteiger partial charge on any atom is -0.342 e. The molecule has 20 heavy (non-hydrogen) atoms. The summed E-state index contributed by atoms with van der Waals surface area (Å²) in [4.78, 5) is 18.4. The Hall–Kier alpha value is -1.42. The third-order valence-corrected chi connectivity index (χ3v) is 4.31. The lowest BCUT2D eigenvalue weighted by Crippen LogP contribution is -2.45. The van der Waals surface area contributed by atoms with E-state index in [-0.39, 0.29) is 17.9 Å². The molecule has 110 valence electrons. The Bertz CT molecular complexity index is 433. The highest BCUT2D eigenvalue weighted by Gasteiger charge is 2.26. The van der Waals surface area contributed by atoms with E-state index in [9.17, 15) is 4.79 Å². The molecule has 0 aromatic carbocycles. The van der Waals surface area contributed by atoms with E-state index in [4.69, 9.17) is 5.73 Å². The minimum atomic E-state index is 0.170. The summed E-state index contributed by atoms with van der Waals surface area (Å²) in [5.41, 5.74) is 7.15. The van der Waals surface area contributed by atoms with Crippen molar-refractivity contribution in [3.05, 3.63) is 30.1 Å². The van der Waals surface area contributed by atoms with Crippen LogP contribution in [0.15, 0.2) is 24.5 Å². The molecule has 0 saturated carbocycles. The Morgan fingerprint density at radius 2 is 2.15 bits per heavy atom. The fraction of sp³-hybridized carbons (Fsp3) is 0.625. The molecule has 0 bridgehead atoms. The van der Waals surface area contributed by atoms with E-state index >= 15 is 0 Å². The van der Waals surface area contributed by atoms with E-state index in [0.29, 0.717) is 12.3 Å². The number of carbonyl (C=O) groups is 1. The summed E-state index contributed by atoms with van der Waals surface area (Å²) in [7, 11) is 0. The zero-order valence-corrected chi connectivity index (χ0v) is 12.5. The fourth-order valence-electron chi connectivity index (χ4n) is 2.87. The van der Waals surface area contributed by atoms with Gasteiger partial charge in [-0.05, 0) is 49.3 Å². The molecule has 4 nitrogen and oxygen atoms in total. The zero-order valence-electron chi connectivity index (χ0n) is 12.5. The lowest BCUT2D eigenvalue weighted by molar-refractivity contribution is -0.133. The molecule has 2 heterocycles. The number of rotatable bonds is 4. The van der Waals surface area contributed by atoms with Gasteiger partial charge in [-0.15, -0.1) is 0 Å². The molecule has 1 saturated heterocycles. The Labute approximate surface area is 121 Å². The van der Waals surface area contributed by atoms with Crippen molar-refractivity contribution in [2.75, 3.05) is 13.1 Å². The van der Waals surface area contributed by atoms with Gasteiger partial charge < -0.3 is 10.6 Å².